The van der Waals surface area contributed by atoms with E-state index in [1.54, 1.807) is 24.3 Å². The summed E-state index contributed by atoms with van der Waals surface area (Å²) in [7, 11) is 0. The number of carboxylic acids is 1. The van der Waals surface area contributed by atoms with Crippen molar-refractivity contribution in [3.05, 3.63) is 59.1 Å². The van der Waals surface area contributed by atoms with Crippen LogP contribution in [-0.4, -0.2) is 26.3 Å². The van der Waals surface area contributed by atoms with Gasteiger partial charge in [0, 0.05) is 16.1 Å². The summed E-state index contributed by atoms with van der Waals surface area (Å²) in [5.74, 6) is 0.180. The summed E-state index contributed by atoms with van der Waals surface area (Å²) in [6.07, 6.45) is 0. The number of aromatic carboxylic acids is 1. The Morgan fingerprint density at radius 1 is 1.00 bits per heavy atom. The predicted molar refractivity (Wildman–Crippen MR) is 86.5 cm³/mol. The van der Waals surface area contributed by atoms with Crippen LogP contribution in [0.4, 0.5) is 0 Å². The van der Waals surface area contributed by atoms with Crippen molar-refractivity contribution in [1.29, 1.82) is 0 Å². The van der Waals surface area contributed by atoms with E-state index in [9.17, 15) is 4.79 Å². The largest absolute Gasteiger partial charge is 0.478 e. The Hall–Kier alpha value is -2.37. The van der Waals surface area contributed by atoms with Crippen LogP contribution in [0.25, 0.3) is 22.8 Å². The number of aromatic amines is 1. The predicted octanol–water partition coefficient (Wildman–Crippen LogP) is 3.91. The topological polar surface area (TPSA) is 78.9 Å². The number of aromatic nitrogens is 3. The maximum atomic E-state index is 10.8. The normalized spacial score (nSPS) is 10.0. The first-order chi connectivity index (χ1) is 10.1. The molecule has 5 nitrogen and oxygen atoms in total. The molecule has 0 radical (unpaired) electrons. The summed E-state index contributed by atoms with van der Waals surface area (Å²) in [6.45, 7) is 0. The van der Waals surface area contributed by atoms with E-state index in [1.165, 1.54) is 12.1 Å². The molecular weight excluding hydrogens is 325 g/mol. The molecule has 0 saturated carbocycles. The lowest BCUT2D eigenvalue weighted by molar-refractivity contribution is 0.0697. The van der Waals surface area contributed by atoms with E-state index in [0.717, 1.165) is 11.1 Å². The van der Waals surface area contributed by atoms with Crippen molar-refractivity contribution < 1.29 is 9.90 Å². The molecule has 2 aromatic carbocycles. The SMILES string of the molecule is Cl.O=C(O)c1ccc(-c2n[nH]c(-c3ccc(Cl)cc3)n2)cc1. The van der Waals surface area contributed by atoms with Gasteiger partial charge in [0.25, 0.3) is 0 Å². The van der Waals surface area contributed by atoms with Crippen LogP contribution in [0.5, 0.6) is 0 Å². The highest BCUT2D eigenvalue weighted by Crippen LogP contribution is 2.21. The Labute approximate surface area is 137 Å². The van der Waals surface area contributed by atoms with Crippen molar-refractivity contribution in [3.8, 4) is 22.8 Å². The second-order valence-electron chi connectivity index (χ2n) is 4.40. The summed E-state index contributed by atoms with van der Waals surface area (Å²) in [4.78, 5) is 15.2. The van der Waals surface area contributed by atoms with Crippen molar-refractivity contribution in [2.45, 2.75) is 0 Å². The fraction of sp³-hybridized carbons (Fsp3) is 0. The number of carbonyl (C=O) groups is 1. The van der Waals surface area contributed by atoms with Gasteiger partial charge in [-0.15, -0.1) is 12.4 Å². The zero-order chi connectivity index (χ0) is 14.8. The second-order valence-corrected chi connectivity index (χ2v) is 4.83. The molecule has 3 rings (SSSR count). The van der Waals surface area contributed by atoms with Gasteiger partial charge in [-0.2, -0.15) is 5.10 Å². The van der Waals surface area contributed by atoms with Gasteiger partial charge in [0.15, 0.2) is 11.6 Å². The zero-order valence-electron chi connectivity index (χ0n) is 11.2. The van der Waals surface area contributed by atoms with E-state index in [0.29, 0.717) is 16.7 Å². The second kappa shape index (κ2) is 6.60. The average Bonchev–Trinajstić information content (AvgIpc) is 2.98. The molecule has 2 N–H and O–H groups in total. The van der Waals surface area contributed by atoms with Crippen LogP contribution < -0.4 is 0 Å². The van der Waals surface area contributed by atoms with Crippen molar-refractivity contribution in [2.75, 3.05) is 0 Å². The highest BCUT2D eigenvalue weighted by molar-refractivity contribution is 6.30. The van der Waals surface area contributed by atoms with Gasteiger partial charge in [0.2, 0.25) is 0 Å². The lowest BCUT2D eigenvalue weighted by Crippen LogP contribution is -1.95. The molecule has 0 fully saturated rings. The number of halogens is 2. The number of nitrogens with one attached hydrogen (secondary N) is 1. The summed E-state index contributed by atoms with van der Waals surface area (Å²) in [6, 6.07) is 13.7. The monoisotopic (exact) mass is 335 g/mol. The van der Waals surface area contributed by atoms with Crippen LogP contribution in [0.1, 0.15) is 10.4 Å². The first-order valence-corrected chi connectivity index (χ1v) is 6.53. The molecule has 1 aromatic heterocycles. The number of H-pyrrole nitrogens is 1. The van der Waals surface area contributed by atoms with E-state index in [-0.39, 0.29) is 18.0 Å². The molecule has 7 heteroatoms. The summed E-state index contributed by atoms with van der Waals surface area (Å²) >= 11 is 5.85. The van der Waals surface area contributed by atoms with Crippen LogP contribution in [0, 0.1) is 0 Å². The highest BCUT2D eigenvalue weighted by atomic mass is 35.5. The number of benzene rings is 2. The smallest absolute Gasteiger partial charge is 0.335 e. The molecule has 1 heterocycles. The lowest BCUT2D eigenvalue weighted by Gasteiger charge is -1.97. The molecule has 112 valence electrons. The Kier molecular flexibility index (Phi) is 4.80. The average molecular weight is 336 g/mol. The Morgan fingerprint density at radius 2 is 1.59 bits per heavy atom. The van der Waals surface area contributed by atoms with Crippen molar-refractivity contribution >= 4 is 30.0 Å². The fourth-order valence-corrected chi connectivity index (χ4v) is 2.02. The third kappa shape index (κ3) is 3.27. The maximum absolute atomic E-state index is 10.8. The minimum absolute atomic E-state index is 0. The van der Waals surface area contributed by atoms with Crippen LogP contribution in [0.3, 0.4) is 0 Å². The highest BCUT2D eigenvalue weighted by Gasteiger charge is 2.09. The molecule has 0 unspecified atom stereocenters. The maximum Gasteiger partial charge on any atom is 0.335 e. The van der Waals surface area contributed by atoms with Gasteiger partial charge in [0.1, 0.15) is 0 Å². The number of hydrogen-bond donors (Lipinski definition) is 2. The van der Waals surface area contributed by atoms with Gasteiger partial charge in [-0.3, -0.25) is 5.10 Å². The Morgan fingerprint density at radius 3 is 2.18 bits per heavy atom. The molecule has 3 aromatic rings. The number of nitrogens with zero attached hydrogens (tertiary/aromatic N) is 2. The van der Waals surface area contributed by atoms with Crippen LogP contribution in [0.15, 0.2) is 48.5 Å². The number of hydrogen-bond acceptors (Lipinski definition) is 3. The lowest BCUT2D eigenvalue weighted by atomic mass is 10.1. The third-order valence-corrected chi connectivity index (χ3v) is 3.25. The van der Waals surface area contributed by atoms with Gasteiger partial charge in [-0.25, -0.2) is 9.78 Å². The molecular formula is C15H11Cl2N3O2. The fourth-order valence-electron chi connectivity index (χ4n) is 1.89. The minimum atomic E-state index is -0.960. The number of rotatable bonds is 3. The van der Waals surface area contributed by atoms with Gasteiger partial charge in [-0.1, -0.05) is 23.7 Å². The van der Waals surface area contributed by atoms with Crippen LogP contribution >= 0.6 is 24.0 Å². The molecule has 0 aliphatic heterocycles. The molecule has 0 saturated heterocycles. The molecule has 0 bridgehead atoms. The molecule has 0 aliphatic carbocycles. The van der Waals surface area contributed by atoms with Crippen LogP contribution in [-0.2, 0) is 0 Å². The van der Waals surface area contributed by atoms with E-state index < -0.39 is 5.97 Å². The van der Waals surface area contributed by atoms with Crippen molar-refractivity contribution in [3.63, 3.8) is 0 Å². The molecule has 0 amide bonds. The van der Waals surface area contributed by atoms with E-state index >= 15 is 0 Å². The standard InChI is InChI=1S/C15H10ClN3O2.ClH/c16-12-7-5-10(6-8-12)14-17-13(18-19-14)9-1-3-11(4-2-9)15(20)21;/h1-8H,(H,20,21)(H,17,18,19);1H. The molecule has 0 atom stereocenters. The molecule has 0 aliphatic rings. The first-order valence-electron chi connectivity index (χ1n) is 6.15. The van der Waals surface area contributed by atoms with E-state index in [1.807, 2.05) is 12.1 Å². The molecule has 22 heavy (non-hydrogen) atoms. The summed E-state index contributed by atoms with van der Waals surface area (Å²) in [5.41, 5.74) is 1.85. The quantitative estimate of drug-likeness (QED) is 0.760. The zero-order valence-corrected chi connectivity index (χ0v) is 12.7. The Balaban J connectivity index is 0.00000176. The van der Waals surface area contributed by atoms with Gasteiger partial charge in [0.05, 0.1) is 5.56 Å². The first kappa shape index (κ1) is 16.0. The van der Waals surface area contributed by atoms with Gasteiger partial charge in [-0.05, 0) is 36.4 Å². The summed E-state index contributed by atoms with van der Waals surface area (Å²) < 4.78 is 0. The van der Waals surface area contributed by atoms with Crippen LogP contribution in [0.2, 0.25) is 5.02 Å². The summed E-state index contributed by atoms with van der Waals surface area (Å²) in [5, 5.41) is 16.5. The van der Waals surface area contributed by atoms with Crippen molar-refractivity contribution in [2.24, 2.45) is 0 Å². The number of carboxylic acid groups (broad SMARTS) is 1. The minimum Gasteiger partial charge on any atom is -0.478 e. The van der Waals surface area contributed by atoms with E-state index in [2.05, 4.69) is 15.2 Å². The van der Waals surface area contributed by atoms with Gasteiger partial charge < -0.3 is 5.11 Å². The molecule has 0 spiro atoms. The van der Waals surface area contributed by atoms with Gasteiger partial charge >= 0.3 is 5.97 Å². The Bertz CT molecular complexity index is 783. The van der Waals surface area contributed by atoms with E-state index in [4.69, 9.17) is 16.7 Å². The van der Waals surface area contributed by atoms with Crippen molar-refractivity contribution in [1.82, 2.24) is 15.2 Å². The third-order valence-electron chi connectivity index (χ3n) is 2.99.